The van der Waals surface area contributed by atoms with E-state index in [4.69, 9.17) is 0 Å². The van der Waals surface area contributed by atoms with E-state index in [1.54, 1.807) is 11.8 Å². The highest BCUT2D eigenvalue weighted by Crippen LogP contribution is 2.18. The molecule has 0 spiro atoms. The normalized spacial score (nSPS) is 11.5. The van der Waals surface area contributed by atoms with Crippen LogP contribution in [0.3, 0.4) is 0 Å². The van der Waals surface area contributed by atoms with Gasteiger partial charge in [-0.05, 0) is 24.1 Å². The van der Waals surface area contributed by atoms with E-state index < -0.39 is 6.04 Å². The molecule has 2 N–H and O–H groups in total. The van der Waals surface area contributed by atoms with E-state index in [0.29, 0.717) is 12.3 Å². The summed E-state index contributed by atoms with van der Waals surface area (Å²) in [6.07, 6.45) is 0.769. The fourth-order valence-electron chi connectivity index (χ4n) is 2.22. The number of amides is 2. The van der Waals surface area contributed by atoms with Crippen LogP contribution in [-0.4, -0.2) is 30.2 Å². The molecule has 2 rings (SSSR count). The lowest BCUT2D eigenvalue weighted by atomic mass is 10.1. The van der Waals surface area contributed by atoms with Gasteiger partial charge in [-0.1, -0.05) is 48.5 Å². The molecule has 0 aliphatic carbocycles. The highest BCUT2D eigenvalue weighted by molar-refractivity contribution is 7.99. The summed E-state index contributed by atoms with van der Waals surface area (Å²) in [6.45, 7) is 1.98. The van der Waals surface area contributed by atoms with Crippen molar-refractivity contribution in [2.45, 2.75) is 24.3 Å². The maximum absolute atomic E-state index is 12.4. The first kappa shape index (κ1) is 18.1. The van der Waals surface area contributed by atoms with Crippen molar-refractivity contribution in [3.63, 3.8) is 0 Å². The Morgan fingerprint density at radius 2 is 1.62 bits per heavy atom. The number of carbonyl (C=O) groups excluding carboxylic acids is 2. The third-order valence-electron chi connectivity index (χ3n) is 3.41. The summed E-state index contributed by atoms with van der Waals surface area (Å²) < 4.78 is 0. The van der Waals surface area contributed by atoms with E-state index >= 15 is 0 Å². The van der Waals surface area contributed by atoms with Gasteiger partial charge >= 0.3 is 0 Å². The first-order valence-electron chi connectivity index (χ1n) is 7.92. The zero-order valence-corrected chi connectivity index (χ0v) is 14.5. The SMILES string of the molecule is CC(=O)NC(CSc1ccccc1)C(=O)NCCc1ccccc1. The summed E-state index contributed by atoms with van der Waals surface area (Å²) in [5.74, 6) is 0.150. The Labute approximate surface area is 147 Å². The van der Waals surface area contributed by atoms with Crippen molar-refractivity contribution < 1.29 is 9.59 Å². The van der Waals surface area contributed by atoms with E-state index in [2.05, 4.69) is 10.6 Å². The minimum Gasteiger partial charge on any atom is -0.354 e. The molecule has 0 saturated heterocycles. The molecule has 4 nitrogen and oxygen atoms in total. The second kappa shape index (κ2) is 9.78. The minimum atomic E-state index is -0.538. The number of rotatable bonds is 8. The molecule has 0 radical (unpaired) electrons. The number of thioether (sulfide) groups is 1. The average molecular weight is 342 g/mol. The summed E-state index contributed by atoms with van der Waals surface area (Å²) in [5.41, 5.74) is 1.17. The largest absolute Gasteiger partial charge is 0.354 e. The van der Waals surface area contributed by atoms with Gasteiger partial charge in [0.05, 0.1) is 0 Å². The van der Waals surface area contributed by atoms with Crippen molar-refractivity contribution in [2.24, 2.45) is 0 Å². The fourth-order valence-corrected chi connectivity index (χ4v) is 3.17. The summed E-state index contributed by atoms with van der Waals surface area (Å²) in [6, 6.07) is 19.3. The van der Waals surface area contributed by atoms with Gasteiger partial charge in [0.15, 0.2) is 0 Å². The zero-order chi connectivity index (χ0) is 17.2. The third-order valence-corrected chi connectivity index (χ3v) is 4.52. The minimum absolute atomic E-state index is 0.149. The molecular formula is C19H22N2O2S. The second-order valence-corrected chi connectivity index (χ2v) is 6.50. The highest BCUT2D eigenvalue weighted by atomic mass is 32.2. The molecule has 2 aromatic rings. The van der Waals surface area contributed by atoms with Crippen LogP contribution in [0.25, 0.3) is 0 Å². The molecule has 0 aliphatic rings. The molecule has 1 atom stereocenters. The number of benzene rings is 2. The monoisotopic (exact) mass is 342 g/mol. The van der Waals surface area contributed by atoms with Crippen LogP contribution in [0, 0.1) is 0 Å². The Bertz CT molecular complexity index is 647. The molecule has 0 aromatic heterocycles. The van der Waals surface area contributed by atoms with Crippen LogP contribution in [0.4, 0.5) is 0 Å². The van der Waals surface area contributed by atoms with Gasteiger partial charge in [-0.2, -0.15) is 0 Å². The van der Waals surface area contributed by atoms with Gasteiger partial charge in [-0.3, -0.25) is 9.59 Å². The number of nitrogens with one attached hydrogen (secondary N) is 2. The van der Waals surface area contributed by atoms with E-state index in [1.807, 2.05) is 60.7 Å². The Balaban J connectivity index is 1.84. The lowest BCUT2D eigenvalue weighted by molar-refractivity contribution is -0.127. The fraction of sp³-hybridized carbons (Fsp3) is 0.263. The molecule has 126 valence electrons. The van der Waals surface area contributed by atoms with Crippen LogP contribution in [0.2, 0.25) is 0 Å². The lowest BCUT2D eigenvalue weighted by Gasteiger charge is -2.17. The summed E-state index contributed by atoms with van der Waals surface area (Å²) in [5, 5.41) is 5.63. The van der Waals surface area contributed by atoms with E-state index in [9.17, 15) is 9.59 Å². The maximum atomic E-state index is 12.4. The number of carbonyl (C=O) groups is 2. The molecule has 0 aliphatic heterocycles. The van der Waals surface area contributed by atoms with Crippen molar-refractivity contribution in [2.75, 3.05) is 12.3 Å². The molecule has 5 heteroatoms. The van der Waals surface area contributed by atoms with Gasteiger partial charge in [0, 0.05) is 24.1 Å². The number of hydrogen-bond donors (Lipinski definition) is 2. The van der Waals surface area contributed by atoms with Crippen LogP contribution in [-0.2, 0) is 16.0 Å². The van der Waals surface area contributed by atoms with Crippen molar-refractivity contribution in [3.05, 3.63) is 66.2 Å². The number of hydrogen-bond acceptors (Lipinski definition) is 3. The second-order valence-electron chi connectivity index (χ2n) is 5.40. The van der Waals surface area contributed by atoms with Crippen LogP contribution < -0.4 is 10.6 Å². The Kier molecular flexibility index (Phi) is 7.36. The van der Waals surface area contributed by atoms with Crippen LogP contribution in [0.15, 0.2) is 65.6 Å². The van der Waals surface area contributed by atoms with Gasteiger partial charge in [0.25, 0.3) is 0 Å². The molecule has 0 bridgehead atoms. The lowest BCUT2D eigenvalue weighted by Crippen LogP contribution is -2.48. The van der Waals surface area contributed by atoms with E-state index in [0.717, 1.165) is 11.3 Å². The van der Waals surface area contributed by atoms with E-state index in [-0.39, 0.29) is 11.8 Å². The van der Waals surface area contributed by atoms with Gasteiger partial charge in [-0.15, -0.1) is 11.8 Å². The molecule has 1 unspecified atom stereocenters. The molecule has 2 aromatic carbocycles. The first-order valence-corrected chi connectivity index (χ1v) is 8.90. The van der Waals surface area contributed by atoms with Crippen molar-refractivity contribution in [3.8, 4) is 0 Å². The molecule has 0 saturated carbocycles. The predicted octanol–water partition coefficient (Wildman–Crippen LogP) is 2.64. The first-order chi connectivity index (χ1) is 11.6. The molecular weight excluding hydrogens is 320 g/mol. The smallest absolute Gasteiger partial charge is 0.243 e. The maximum Gasteiger partial charge on any atom is 0.243 e. The molecule has 0 heterocycles. The van der Waals surface area contributed by atoms with Gasteiger partial charge in [0.2, 0.25) is 11.8 Å². The molecule has 2 amide bonds. The standard InChI is InChI=1S/C19H22N2O2S/c1-15(22)21-18(14-24-17-10-6-3-7-11-17)19(23)20-13-12-16-8-4-2-5-9-16/h2-11,18H,12-14H2,1H3,(H,20,23)(H,21,22). The summed E-state index contributed by atoms with van der Waals surface area (Å²) >= 11 is 1.55. The quantitative estimate of drug-likeness (QED) is 0.725. The third kappa shape index (κ3) is 6.46. The van der Waals surface area contributed by atoms with Crippen LogP contribution in [0.1, 0.15) is 12.5 Å². The predicted molar refractivity (Wildman–Crippen MR) is 97.9 cm³/mol. The van der Waals surface area contributed by atoms with Crippen molar-refractivity contribution in [1.29, 1.82) is 0 Å². The Hall–Kier alpha value is -2.27. The molecule has 0 fully saturated rings. The topological polar surface area (TPSA) is 58.2 Å². The van der Waals surface area contributed by atoms with Crippen LogP contribution in [0.5, 0.6) is 0 Å². The Morgan fingerprint density at radius 3 is 2.25 bits per heavy atom. The summed E-state index contributed by atoms with van der Waals surface area (Å²) in [7, 11) is 0. The zero-order valence-electron chi connectivity index (χ0n) is 13.7. The van der Waals surface area contributed by atoms with E-state index in [1.165, 1.54) is 12.5 Å². The van der Waals surface area contributed by atoms with Crippen molar-refractivity contribution >= 4 is 23.6 Å². The van der Waals surface area contributed by atoms with Crippen molar-refractivity contribution in [1.82, 2.24) is 10.6 Å². The van der Waals surface area contributed by atoms with Crippen LogP contribution >= 0.6 is 11.8 Å². The highest BCUT2D eigenvalue weighted by Gasteiger charge is 2.19. The van der Waals surface area contributed by atoms with Gasteiger partial charge < -0.3 is 10.6 Å². The van der Waals surface area contributed by atoms with Gasteiger partial charge in [0.1, 0.15) is 6.04 Å². The Morgan fingerprint density at radius 1 is 1.00 bits per heavy atom. The summed E-state index contributed by atoms with van der Waals surface area (Å²) in [4.78, 5) is 24.8. The average Bonchev–Trinajstić information content (AvgIpc) is 2.60. The molecule has 24 heavy (non-hydrogen) atoms. The van der Waals surface area contributed by atoms with Gasteiger partial charge in [-0.25, -0.2) is 0 Å².